The number of rotatable bonds is 5. The van der Waals surface area contributed by atoms with Gasteiger partial charge in [-0.3, -0.25) is 9.71 Å². The van der Waals surface area contributed by atoms with Gasteiger partial charge in [0.2, 0.25) is 10.0 Å². The Balaban J connectivity index is 1.57. The van der Waals surface area contributed by atoms with Gasteiger partial charge in [-0.25, -0.2) is 8.42 Å². The third-order valence-electron chi connectivity index (χ3n) is 4.53. The normalized spacial score (nSPS) is 16.6. The molecule has 1 aliphatic carbocycles. The van der Waals surface area contributed by atoms with E-state index in [9.17, 15) is 8.42 Å². The summed E-state index contributed by atoms with van der Waals surface area (Å²) < 4.78 is 33.8. The summed E-state index contributed by atoms with van der Waals surface area (Å²) in [6.45, 7) is 0. The van der Waals surface area contributed by atoms with Gasteiger partial charge in [0.1, 0.15) is 11.0 Å². The number of anilines is 1. The predicted octanol–water partition coefficient (Wildman–Crippen LogP) is 7.09. The second kappa shape index (κ2) is 8.88. The van der Waals surface area contributed by atoms with E-state index >= 15 is 0 Å². The van der Waals surface area contributed by atoms with Crippen LogP contribution in [-0.4, -0.2) is 18.7 Å². The standard InChI is InChI=1S/C21H14Cl4N2O3S/c22-13-5-6-20(16(23)8-13)31(28,29)27-14-9-17(24)21(18(25)10-14)30-15-7-12-3-1-2-4-19(12)26-11-15/h1-5,7-11,20,27H,6H2. The molecule has 0 aliphatic heterocycles. The third-order valence-corrected chi connectivity index (χ3v) is 7.57. The van der Waals surface area contributed by atoms with Crippen LogP contribution in [0, 0.1) is 0 Å². The number of para-hydroxylation sites is 1. The fourth-order valence-electron chi connectivity index (χ4n) is 3.07. The molecule has 1 aliphatic rings. The second-order valence-corrected chi connectivity index (χ2v) is 10.3. The molecule has 1 aromatic heterocycles. The summed E-state index contributed by atoms with van der Waals surface area (Å²) in [5.74, 6) is 0.632. The Bertz CT molecular complexity index is 1320. The van der Waals surface area contributed by atoms with E-state index in [1.165, 1.54) is 18.2 Å². The summed E-state index contributed by atoms with van der Waals surface area (Å²) in [4.78, 5) is 4.33. The fraction of sp³-hybridized carbons (Fsp3) is 0.0952. The monoisotopic (exact) mass is 514 g/mol. The molecule has 31 heavy (non-hydrogen) atoms. The minimum absolute atomic E-state index is 0.126. The number of hydrogen-bond acceptors (Lipinski definition) is 4. The lowest BCUT2D eigenvalue weighted by atomic mass is 10.2. The lowest BCUT2D eigenvalue weighted by Gasteiger charge is -2.20. The molecular weight excluding hydrogens is 502 g/mol. The van der Waals surface area contributed by atoms with E-state index in [0.717, 1.165) is 10.9 Å². The predicted molar refractivity (Wildman–Crippen MR) is 127 cm³/mol. The number of fused-ring (bicyclic) bond motifs is 1. The van der Waals surface area contributed by atoms with Gasteiger partial charge < -0.3 is 4.74 Å². The summed E-state index contributed by atoms with van der Waals surface area (Å²) >= 11 is 24.6. The van der Waals surface area contributed by atoms with E-state index in [1.807, 2.05) is 30.3 Å². The van der Waals surface area contributed by atoms with Crippen molar-refractivity contribution >= 4 is 73.0 Å². The molecule has 0 fully saturated rings. The number of nitrogens with zero attached hydrogens (tertiary/aromatic N) is 1. The van der Waals surface area contributed by atoms with Crippen molar-refractivity contribution in [3.63, 3.8) is 0 Å². The Hall–Kier alpha value is -1.96. The van der Waals surface area contributed by atoms with Crippen LogP contribution in [0.1, 0.15) is 6.42 Å². The lowest BCUT2D eigenvalue weighted by Crippen LogP contribution is -2.29. The van der Waals surface area contributed by atoms with Crippen molar-refractivity contribution in [2.45, 2.75) is 11.7 Å². The number of nitrogens with one attached hydrogen (secondary N) is 1. The summed E-state index contributed by atoms with van der Waals surface area (Å²) in [6, 6.07) is 12.2. The zero-order valence-electron chi connectivity index (χ0n) is 15.7. The molecule has 0 amide bonds. The van der Waals surface area contributed by atoms with Gasteiger partial charge in [-0.2, -0.15) is 0 Å². The van der Waals surface area contributed by atoms with Crippen LogP contribution in [0.15, 0.2) is 70.9 Å². The maximum Gasteiger partial charge on any atom is 0.241 e. The number of halogens is 4. The number of ether oxygens (including phenoxy) is 1. The van der Waals surface area contributed by atoms with Crippen LogP contribution in [0.2, 0.25) is 10.0 Å². The number of hydrogen-bond donors (Lipinski definition) is 1. The highest BCUT2D eigenvalue weighted by atomic mass is 35.5. The molecule has 0 saturated carbocycles. The van der Waals surface area contributed by atoms with Crippen LogP contribution in [0.4, 0.5) is 5.69 Å². The molecule has 0 bridgehead atoms. The van der Waals surface area contributed by atoms with Gasteiger partial charge in [-0.1, -0.05) is 70.7 Å². The van der Waals surface area contributed by atoms with Crippen LogP contribution >= 0.6 is 46.4 Å². The molecule has 5 nitrogen and oxygen atoms in total. The van der Waals surface area contributed by atoms with E-state index in [2.05, 4.69) is 9.71 Å². The van der Waals surface area contributed by atoms with Crippen LogP contribution in [0.25, 0.3) is 10.9 Å². The topological polar surface area (TPSA) is 68.3 Å². The summed E-state index contributed by atoms with van der Waals surface area (Å²) in [6.07, 6.45) is 4.71. The first-order chi connectivity index (χ1) is 14.7. The van der Waals surface area contributed by atoms with Gasteiger partial charge in [0.05, 0.1) is 27.4 Å². The van der Waals surface area contributed by atoms with Crippen LogP contribution in [0.3, 0.4) is 0 Å². The van der Waals surface area contributed by atoms with E-state index in [1.54, 1.807) is 12.3 Å². The Morgan fingerprint density at radius 3 is 2.45 bits per heavy atom. The van der Waals surface area contributed by atoms with Crippen LogP contribution < -0.4 is 9.46 Å². The molecule has 2 aromatic carbocycles. The highest BCUT2D eigenvalue weighted by molar-refractivity contribution is 7.93. The zero-order chi connectivity index (χ0) is 22.2. The highest BCUT2D eigenvalue weighted by Crippen LogP contribution is 2.40. The zero-order valence-corrected chi connectivity index (χ0v) is 19.5. The molecule has 0 saturated heterocycles. The minimum Gasteiger partial charge on any atom is -0.453 e. The molecule has 160 valence electrons. The average Bonchev–Trinajstić information content (AvgIpc) is 2.70. The average molecular weight is 516 g/mol. The Morgan fingerprint density at radius 1 is 1.03 bits per heavy atom. The van der Waals surface area contributed by atoms with Crippen molar-refractivity contribution in [3.8, 4) is 11.5 Å². The first kappa shape index (κ1) is 22.2. The fourth-order valence-corrected chi connectivity index (χ4v) is 5.75. The Morgan fingerprint density at radius 2 is 1.74 bits per heavy atom. The quantitative estimate of drug-likeness (QED) is 0.393. The van der Waals surface area contributed by atoms with Gasteiger partial charge in [0.15, 0.2) is 5.75 Å². The smallest absolute Gasteiger partial charge is 0.241 e. The van der Waals surface area contributed by atoms with Crippen LogP contribution in [0.5, 0.6) is 11.5 Å². The van der Waals surface area contributed by atoms with Crippen molar-refractivity contribution < 1.29 is 13.2 Å². The number of benzene rings is 2. The van der Waals surface area contributed by atoms with E-state index in [0.29, 0.717) is 10.8 Å². The maximum absolute atomic E-state index is 12.8. The highest BCUT2D eigenvalue weighted by Gasteiger charge is 2.30. The van der Waals surface area contributed by atoms with Gasteiger partial charge in [-0.15, -0.1) is 0 Å². The van der Waals surface area contributed by atoms with Crippen molar-refractivity contribution in [1.29, 1.82) is 0 Å². The summed E-state index contributed by atoms with van der Waals surface area (Å²) in [7, 11) is -3.86. The van der Waals surface area contributed by atoms with E-state index in [4.69, 9.17) is 51.1 Å². The minimum atomic E-state index is -3.86. The van der Waals surface area contributed by atoms with Crippen molar-refractivity contribution in [2.24, 2.45) is 0 Å². The molecule has 1 unspecified atom stereocenters. The largest absolute Gasteiger partial charge is 0.453 e. The van der Waals surface area contributed by atoms with Crippen LogP contribution in [-0.2, 0) is 10.0 Å². The van der Waals surface area contributed by atoms with Gasteiger partial charge in [0.25, 0.3) is 0 Å². The molecule has 1 atom stereocenters. The SMILES string of the molecule is O=S(=O)(Nc1cc(Cl)c(Oc2cnc3ccccc3c2)c(Cl)c1)C1CC=C(Cl)C=C1Cl. The molecule has 1 heterocycles. The number of allylic oxidation sites excluding steroid dienone is 3. The van der Waals surface area contributed by atoms with Gasteiger partial charge in [-0.05, 0) is 36.8 Å². The molecule has 0 radical (unpaired) electrons. The molecule has 1 N–H and O–H groups in total. The molecule has 10 heteroatoms. The maximum atomic E-state index is 12.8. The Kier molecular flexibility index (Phi) is 6.37. The first-order valence-electron chi connectivity index (χ1n) is 8.99. The van der Waals surface area contributed by atoms with E-state index in [-0.39, 0.29) is 32.9 Å². The number of aromatic nitrogens is 1. The van der Waals surface area contributed by atoms with Gasteiger partial charge >= 0.3 is 0 Å². The lowest BCUT2D eigenvalue weighted by molar-refractivity contribution is 0.482. The number of sulfonamides is 1. The second-order valence-electron chi connectivity index (χ2n) is 6.72. The van der Waals surface area contributed by atoms with Gasteiger partial charge in [0, 0.05) is 15.5 Å². The first-order valence-corrected chi connectivity index (χ1v) is 12.0. The molecule has 0 spiro atoms. The van der Waals surface area contributed by atoms with E-state index < -0.39 is 15.3 Å². The Labute approximate surface area is 199 Å². The van der Waals surface area contributed by atoms with Crippen molar-refractivity contribution in [1.82, 2.24) is 4.98 Å². The van der Waals surface area contributed by atoms with Crippen molar-refractivity contribution in [2.75, 3.05) is 4.72 Å². The molecular formula is C21H14Cl4N2O3S. The molecule has 4 rings (SSSR count). The summed E-state index contributed by atoms with van der Waals surface area (Å²) in [5, 5.41) is 0.711. The molecule has 3 aromatic rings. The number of pyridine rings is 1. The third kappa shape index (κ3) is 4.94. The van der Waals surface area contributed by atoms with Crippen molar-refractivity contribution in [3.05, 3.63) is 80.9 Å². The summed E-state index contributed by atoms with van der Waals surface area (Å²) in [5.41, 5.74) is 1.01.